The maximum absolute atomic E-state index is 5.98. The molecule has 0 bridgehead atoms. The predicted molar refractivity (Wildman–Crippen MR) is 78.1 cm³/mol. The van der Waals surface area contributed by atoms with E-state index in [1.54, 1.807) is 6.07 Å². The van der Waals surface area contributed by atoms with Gasteiger partial charge in [0.05, 0.1) is 13.2 Å². The van der Waals surface area contributed by atoms with Gasteiger partial charge >= 0.3 is 0 Å². The van der Waals surface area contributed by atoms with Crippen LogP contribution in [0.3, 0.4) is 0 Å². The molecule has 112 valence electrons. The van der Waals surface area contributed by atoms with Gasteiger partial charge in [-0.2, -0.15) is 0 Å². The van der Waals surface area contributed by atoms with Crippen molar-refractivity contribution in [2.45, 2.75) is 13.5 Å². The highest BCUT2D eigenvalue weighted by atomic mass is 35.5. The Morgan fingerprint density at radius 1 is 1.40 bits per heavy atom. The second-order valence-corrected chi connectivity index (χ2v) is 4.90. The van der Waals surface area contributed by atoms with Crippen LogP contribution in [0, 0.1) is 0 Å². The molecule has 0 aromatic carbocycles. The molecular formula is C13H21ClN4O2. The third-order valence-corrected chi connectivity index (χ3v) is 3.21. The molecule has 20 heavy (non-hydrogen) atoms. The molecule has 1 aliphatic rings. The van der Waals surface area contributed by atoms with Gasteiger partial charge in [-0.15, -0.1) is 0 Å². The van der Waals surface area contributed by atoms with Crippen LogP contribution in [0.4, 0.5) is 5.82 Å². The minimum atomic E-state index is 0.384. The SMILES string of the molecule is CCOCc1nc(Cl)cc(NCCN2CCOCC2)n1. The monoisotopic (exact) mass is 300 g/mol. The van der Waals surface area contributed by atoms with Crippen LogP contribution in [0.5, 0.6) is 0 Å². The van der Waals surface area contributed by atoms with Crippen LogP contribution >= 0.6 is 11.6 Å². The molecule has 6 nitrogen and oxygen atoms in total. The van der Waals surface area contributed by atoms with Crippen molar-refractivity contribution in [2.24, 2.45) is 0 Å². The smallest absolute Gasteiger partial charge is 0.158 e. The molecule has 1 aliphatic heterocycles. The lowest BCUT2D eigenvalue weighted by atomic mass is 10.4. The third-order valence-electron chi connectivity index (χ3n) is 3.01. The fraction of sp³-hybridized carbons (Fsp3) is 0.692. The van der Waals surface area contributed by atoms with Gasteiger partial charge in [-0.1, -0.05) is 11.6 Å². The number of ether oxygens (including phenoxy) is 2. The number of hydrogen-bond acceptors (Lipinski definition) is 6. The van der Waals surface area contributed by atoms with Gasteiger partial charge < -0.3 is 14.8 Å². The van der Waals surface area contributed by atoms with E-state index < -0.39 is 0 Å². The van der Waals surface area contributed by atoms with Gasteiger partial charge in [0.25, 0.3) is 0 Å². The molecule has 1 aromatic rings. The second kappa shape index (κ2) is 8.36. The van der Waals surface area contributed by atoms with Crippen molar-refractivity contribution in [2.75, 3.05) is 51.3 Å². The van der Waals surface area contributed by atoms with Crippen LogP contribution < -0.4 is 5.32 Å². The van der Waals surface area contributed by atoms with Crippen LogP contribution in [0.2, 0.25) is 5.15 Å². The second-order valence-electron chi connectivity index (χ2n) is 4.51. The Kier molecular flexibility index (Phi) is 6.46. The number of aromatic nitrogens is 2. The highest BCUT2D eigenvalue weighted by molar-refractivity contribution is 6.29. The van der Waals surface area contributed by atoms with E-state index in [1.165, 1.54) is 0 Å². The Labute approximate surface area is 124 Å². The lowest BCUT2D eigenvalue weighted by Crippen LogP contribution is -2.39. The van der Waals surface area contributed by atoms with Crippen LogP contribution in [-0.2, 0) is 16.1 Å². The fourth-order valence-electron chi connectivity index (χ4n) is 1.98. The van der Waals surface area contributed by atoms with Crippen LogP contribution in [0.15, 0.2) is 6.07 Å². The first-order valence-corrected chi connectivity index (χ1v) is 7.31. The van der Waals surface area contributed by atoms with E-state index in [2.05, 4.69) is 20.2 Å². The molecule has 1 aromatic heterocycles. The van der Waals surface area contributed by atoms with Gasteiger partial charge in [-0.25, -0.2) is 9.97 Å². The minimum absolute atomic E-state index is 0.384. The molecule has 7 heteroatoms. The zero-order valence-electron chi connectivity index (χ0n) is 11.8. The Balaban J connectivity index is 1.80. The molecule has 0 atom stereocenters. The summed E-state index contributed by atoms with van der Waals surface area (Å²) < 4.78 is 10.6. The number of nitrogens with one attached hydrogen (secondary N) is 1. The average molecular weight is 301 g/mol. The molecule has 0 saturated carbocycles. The average Bonchev–Trinajstić information content (AvgIpc) is 2.46. The van der Waals surface area contributed by atoms with Crippen molar-refractivity contribution in [3.63, 3.8) is 0 Å². The molecule has 0 amide bonds. The summed E-state index contributed by atoms with van der Waals surface area (Å²) in [4.78, 5) is 10.9. The summed E-state index contributed by atoms with van der Waals surface area (Å²) in [5, 5.41) is 3.71. The molecule has 2 rings (SSSR count). The number of halogens is 1. The van der Waals surface area contributed by atoms with Crippen molar-refractivity contribution in [3.05, 3.63) is 17.0 Å². The first-order chi connectivity index (χ1) is 9.78. The number of morpholine rings is 1. The summed E-state index contributed by atoms with van der Waals surface area (Å²) in [7, 11) is 0. The van der Waals surface area contributed by atoms with Crippen LogP contribution in [0.1, 0.15) is 12.7 Å². The Bertz CT molecular complexity index is 413. The molecule has 1 fully saturated rings. The summed E-state index contributed by atoms with van der Waals surface area (Å²) in [6, 6.07) is 1.73. The summed E-state index contributed by atoms with van der Waals surface area (Å²) in [6.07, 6.45) is 0. The van der Waals surface area contributed by atoms with Gasteiger partial charge in [0.2, 0.25) is 0 Å². The van der Waals surface area contributed by atoms with Crippen LogP contribution in [0.25, 0.3) is 0 Å². The maximum atomic E-state index is 5.98. The first-order valence-electron chi connectivity index (χ1n) is 6.93. The lowest BCUT2D eigenvalue weighted by molar-refractivity contribution is 0.0398. The van der Waals surface area contributed by atoms with Crippen molar-refractivity contribution < 1.29 is 9.47 Å². The number of nitrogens with zero attached hydrogens (tertiary/aromatic N) is 3. The topological polar surface area (TPSA) is 59.5 Å². The van der Waals surface area contributed by atoms with Gasteiger partial charge in [0, 0.05) is 38.9 Å². The Morgan fingerprint density at radius 2 is 2.20 bits per heavy atom. The lowest BCUT2D eigenvalue weighted by Gasteiger charge is -2.26. The number of anilines is 1. The first kappa shape index (κ1) is 15.4. The predicted octanol–water partition coefficient (Wildman–Crippen LogP) is 1.41. The summed E-state index contributed by atoms with van der Waals surface area (Å²) in [6.45, 7) is 8.35. The van der Waals surface area contributed by atoms with Gasteiger partial charge in [-0.05, 0) is 6.92 Å². The summed E-state index contributed by atoms with van der Waals surface area (Å²) in [5.74, 6) is 1.35. The summed E-state index contributed by atoms with van der Waals surface area (Å²) in [5.41, 5.74) is 0. The van der Waals surface area contributed by atoms with E-state index in [4.69, 9.17) is 21.1 Å². The fourth-order valence-corrected chi connectivity index (χ4v) is 2.18. The van der Waals surface area contributed by atoms with E-state index in [9.17, 15) is 0 Å². The standard InChI is InChI=1S/C13H21ClN4O2/c1-2-19-10-13-16-11(14)9-12(17-13)15-3-4-18-5-7-20-8-6-18/h9H,2-8,10H2,1H3,(H,15,16,17). The maximum Gasteiger partial charge on any atom is 0.158 e. The van der Waals surface area contributed by atoms with E-state index in [-0.39, 0.29) is 0 Å². The number of rotatable bonds is 7. The van der Waals surface area contributed by atoms with Gasteiger partial charge in [-0.3, -0.25) is 4.90 Å². The third kappa shape index (κ3) is 5.20. The highest BCUT2D eigenvalue weighted by Gasteiger charge is 2.09. The zero-order chi connectivity index (χ0) is 14.2. The minimum Gasteiger partial charge on any atom is -0.379 e. The van der Waals surface area contributed by atoms with E-state index >= 15 is 0 Å². The van der Waals surface area contributed by atoms with Crippen molar-refractivity contribution >= 4 is 17.4 Å². The quantitative estimate of drug-likeness (QED) is 0.768. The molecular weight excluding hydrogens is 280 g/mol. The molecule has 2 heterocycles. The largest absolute Gasteiger partial charge is 0.379 e. The molecule has 1 N–H and O–H groups in total. The van der Waals surface area contributed by atoms with Crippen molar-refractivity contribution in [1.82, 2.24) is 14.9 Å². The molecule has 0 radical (unpaired) electrons. The number of hydrogen-bond donors (Lipinski definition) is 1. The molecule has 1 saturated heterocycles. The van der Waals surface area contributed by atoms with Crippen molar-refractivity contribution in [3.8, 4) is 0 Å². The Morgan fingerprint density at radius 3 is 2.95 bits per heavy atom. The van der Waals surface area contributed by atoms with E-state index in [0.29, 0.717) is 24.2 Å². The van der Waals surface area contributed by atoms with E-state index in [1.807, 2.05) is 6.92 Å². The van der Waals surface area contributed by atoms with Crippen LogP contribution in [-0.4, -0.2) is 60.9 Å². The summed E-state index contributed by atoms with van der Waals surface area (Å²) >= 11 is 5.98. The van der Waals surface area contributed by atoms with Gasteiger partial charge in [0.1, 0.15) is 17.6 Å². The Hall–Kier alpha value is -0.950. The zero-order valence-corrected chi connectivity index (χ0v) is 12.5. The van der Waals surface area contributed by atoms with E-state index in [0.717, 1.165) is 45.2 Å². The van der Waals surface area contributed by atoms with Crippen molar-refractivity contribution in [1.29, 1.82) is 0 Å². The molecule has 0 spiro atoms. The van der Waals surface area contributed by atoms with Gasteiger partial charge in [0.15, 0.2) is 5.82 Å². The normalized spacial score (nSPS) is 16.3. The molecule has 0 aliphatic carbocycles. The highest BCUT2D eigenvalue weighted by Crippen LogP contribution is 2.12. The molecule has 0 unspecified atom stereocenters.